The van der Waals surface area contributed by atoms with Crippen molar-refractivity contribution in [2.24, 2.45) is 0 Å². The predicted molar refractivity (Wildman–Crippen MR) is 190 cm³/mol. The number of rotatable bonds is 15. The van der Waals surface area contributed by atoms with Crippen molar-refractivity contribution in [1.29, 1.82) is 0 Å². The number of nitrogens with zero attached hydrogens (tertiary/aromatic N) is 2. The molecule has 0 saturated heterocycles. The summed E-state index contributed by atoms with van der Waals surface area (Å²) in [7, 11) is -4.29. The van der Waals surface area contributed by atoms with Gasteiger partial charge in [0.05, 0.1) is 27.2 Å². The number of carbonyl (C=O) groups is 2. The molecule has 4 rings (SSSR count). The largest absolute Gasteiger partial charge is 0.492 e. The molecule has 12 heteroatoms. The van der Waals surface area contributed by atoms with Crippen LogP contribution in [-0.4, -0.2) is 57.1 Å². The normalized spacial score (nSPS) is 11.9. The zero-order chi connectivity index (χ0) is 34.0. The number of halogens is 2. The molecule has 1 atom stereocenters. The summed E-state index contributed by atoms with van der Waals surface area (Å²) in [5.41, 5.74) is 1.64. The summed E-state index contributed by atoms with van der Waals surface area (Å²) in [6, 6.07) is 26.5. The lowest BCUT2D eigenvalue weighted by Gasteiger charge is -2.34. The van der Waals surface area contributed by atoms with Crippen molar-refractivity contribution >= 4 is 62.5 Å². The van der Waals surface area contributed by atoms with Gasteiger partial charge >= 0.3 is 0 Å². The Labute approximate surface area is 291 Å². The van der Waals surface area contributed by atoms with Crippen molar-refractivity contribution in [3.63, 3.8) is 0 Å². The molecule has 0 heterocycles. The Bertz CT molecular complexity index is 1770. The second-order valence-electron chi connectivity index (χ2n) is 10.5. The summed E-state index contributed by atoms with van der Waals surface area (Å²) in [6.45, 7) is 3.57. The van der Waals surface area contributed by atoms with Crippen molar-refractivity contribution < 1.29 is 22.7 Å². The molecule has 248 valence electrons. The summed E-state index contributed by atoms with van der Waals surface area (Å²) >= 11 is 14.0. The molecule has 2 amide bonds. The lowest BCUT2D eigenvalue weighted by molar-refractivity contribution is -0.140. The number of anilines is 1. The molecule has 0 spiro atoms. The number of likely N-dealkylation sites (N-methyl/N-ethyl adjacent to an activating group) is 1. The van der Waals surface area contributed by atoms with E-state index in [2.05, 4.69) is 5.32 Å². The highest BCUT2D eigenvalue weighted by Gasteiger charge is 2.35. The SMILES string of the molecule is CCNC(=O)[C@@H](Cc1ccccc1)N(Cc1ccc(Cl)c(Cl)c1)C(=O)CN(c1ccccc1OCC)S(=O)(=O)c1ccc(SC)cc1. The first-order chi connectivity index (χ1) is 22.6. The summed E-state index contributed by atoms with van der Waals surface area (Å²) < 4.78 is 35.6. The van der Waals surface area contributed by atoms with E-state index in [9.17, 15) is 18.0 Å². The van der Waals surface area contributed by atoms with E-state index in [-0.39, 0.29) is 41.1 Å². The van der Waals surface area contributed by atoms with Gasteiger partial charge in [0.25, 0.3) is 10.0 Å². The molecule has 0 aliphatic carbocycles. The Morgan fingerprint density at radius 3 is 2.19 bits per heavy atom. The molecule has 8 nitrogen and oxygen atoms in total. The fourth-order valence-corrected chi connectivity index (χ4v) is 7.16. The van der Waals surface area contributed by atoms with Gasteiger partial charge in [-0.15, -0.1) is 11.8 Å². The van der Waals surface area contributed by atoms with Crippen molar-refractivity contribution in [2.45, 2.75) is 42.6 Å². The maximum absolute atomic E-state index is 14.6. The number of ether oxygens (including phenoxy) is 1. The van der Waals surface area contributed by atoms with E-state index < -0.39 is 28.5 Å². The minimum Gasteiger partial charge on any atom is -0.492 e. The molecule has 0 bridgehead atoms. The Morgan fingerprint density at radius 2 is 1.55 bits per heavy atom. The molecule has 0 fully saturated rings. The van der Waals surface area contributed by atoms with Gasteiger partial charge in [-0.2, -0.15) is 0 Å². The molecule has 4 aromatic rings. The van der Waals surface area contributed by atoms with Gasteiger partial charge in [-0.25, -0.2) is 8.42 Å². The van der Waals surface area contributed by atoms with Crippen LogP contribution in [0.2, 0.25) is 10.0 Å². The number of thioether (sulfide) groups is 1. The Hall–Kier alpha value is -3.70. The van der Waals surface area contributed by atoms with Crippen LogP contribution in [0.1, 0.15) is 25.0 Å². The molecule has 0 radical (unpaired) electrons. The van der Waals surface area contributed by atoms with Crippen LogP contribution in [-0.2, 0) is 32.6 Å². The predicted octanol–water partition coefficient (Wildman–Crippen LogP) is 7.09. The van der Waals surface area contributed by atoms with Crippen LogP contribution in [0.4, 0.5) is 5.69 Å². The molecule has 0 unspecified atom stereocenters. The second-order valence-corrected chi connectivity index (χ2v) is 14.0. The lowest BCUT2D eigenvalue weighted by atomic mass is 10.0. The third-order valence-electron chi connectivity index (χ3n) is 7.32. The molecule has 0 saturated carbocycles. The molecule has 47 heavy (non-hydrogen) atoms. The summed E-state index contributed by atoms with van der Waals surface area (Å²) in [4.78, 5) is 30.6. The topological polar surface area (TPSA) is 96.0 Å². The van der Waals surface area contributed by atoms with Crippen LogP contribution in [0.5, 0.6) is 5.75 Å². The van der Waals surface area contributed by atoms with Gasteiger partial charge in [0, 0.05) is 24.4 Å². The van der Waals surface area contributed by atoms with Crippen LogP contribution >= 0.6 is 35.0 Å². The third-order valence-corrected chi connectivity index (χ3v) is 10.6. The van der Waals surface area contributed by atoms with Gasteiger partial charge in [-0.1, -0.05) is 71.7 Å². The monoisotopic (exact) mass is 713 g/mol. The van der Waals surface area contributed by atoms with Crippen molar-refractivity contribution in [1.82, 2.24) is 10.2 Å². The average Bonchev–Trinajstić information content (AvgIpc) is 3.07. The standard InChI is InChI=1S/C35H37Cl2N3O5S2/c1-4-38-35(42)32(22-25-11-7-6-8-12-25)39(23-26-15-20-29(36)30(37)21-26)34(41)24-40(31-13-9-10-14-33(31)45-5-2)47(43,44)28-18-16-27(46-3)17-19-28/h6-21,32H,4-5,22-24H2,1-3H3,(H,38,42)/t32-/m1/s1. The number of amides is 2. The van der Waals surface area contributed by atoms with Gasteiger partial charge in [0.15, 0.2) is 0 Å². The minimum atomic E-state index is -4.29. The van der Waals surface area contributed by atoms with E-state index >= 15 is 0 Å². The Balaban J connectivity index is 1.84. The fraction of sp³-hybridized carbons (Fsp3) is 0.257. The number of sulfonamides is 1. The van der Waals surface area contributed by atoms with E-state index in [0.29, 0.717) is 22.9 Å². The molecule has 0 aliphatic rings. The van der Waals surface area contributed by atoms with Gasteiger partial charge in [0.2, 0.25) is 11.8 Å². The maximum atomic E-state index is 14.6. The van der Waals surface area contributed by atoms with Gasteiger partial charge in [-0.05, 0) is 79.8 Å². The zero-order valence-electron chi connectivity index (χ0n) is 26.4. The molecule has 1 N–H and O–H groups in total. The number of benzene rings is 4. The van der Waals surface area contributed by atoms with Crippen LogP contribution in [0.25, 0.3) is 0 Å². The average molecular weight is 715 g/mol. The molecule has 0 aromatic heterocycles. The van der Waals surface area contributed by atoms with E-state index in [1.165, 1.54) is 28.8 Å². The van der Waals surface area contributed by atoms with E-state index in [1.54, 1.807) is 68.4 Å². The fourth-order valence-electron chi connectivity index (χ4n) is 5.01. The summed E-state index contributed by atoms with van der Waals surface area (Å²) in [5.74, 6) is -0.673. The maximum Gasteiger partial charge on any atom is 0.264 e. The molecule has 4 aromatic carbocycles. The minimum absolute atomic E-state index is 0.00926. The number of hydrogen-bond acceptors (Lipinski definition) is 6. The highest BCUT2D eigenvalue weighted by atomic mass is 35.5. The number of para-hydroxylation sites is 2. The summed E-state index contributed by atoms with van der Waals surface area (Å²) in [5, 5.41) is 3.48. The van der Waals surface area contributed by atoms with Crippen molar-refractivity contribution in [3.8, 4) is 5.75 Å². The third kappa shape index (κ3) is 9.22. The van der Waals surface area contributed by atoms with Crippen LogP contribution < -0.4 is 14.4 Å². The van der Waals surface area contributed by atoms with Gasteiger partial charge in [0.1, 0.15) is 18.3 Å². The lowest BCUT2D eigenvalue weighted by Crippen LogP contribution is -2.53. The zero-order valence-corrected chi connectivity index (χ0v) is 29.5. The van der Waals surface area contributed by atoms with E-state index in [4.69, 9.17) is 27.9 Å². The number of nitrogens with one attached hydrogen (secondary N) is 1. The smallest absolute Gasteiger partial charge is 0.264 e. The first-order valence-corrected chi connectivity index (χ1v) is 18.4. The van der Waals surface area contributed by atoms with Gasteiger partial charge in [-0.3, -0.25) is 13.9 Å². The first kappa shape index (κ1) is 36.1. The second kappa shape index (κ2) is 16.9. The molecular formula is C35H37Cl2N3O5S2. The Kier molecular flexibility index (Phi) is 13.0. The van der Waals surface area contributed by atoms with Crippen molar-refractivity contribution in [3.05, 3.63) is 118 Å². The number of hydrogen-bond donors (Lipinski definition) is 1. The molecule has 0 aliphatic heterocycles. The highest BCUT2D eigenvalue weighted by molar-refractivity contribution is 7.98. The Morgan fingerprint density at radius 1 is 0.872 bits per heavy atom. The first-order valence-electron chi connectivity index (χ1n) is 15.0. The highest BCUT2D eigenvalue weighted by Crippen LogP contribution is 2.33. The summed E-state index contributed by atoms with van der Waals surface area (Å²) in [6.07, 6.45) is 2.09. The molecular weight excluding hydrogens is 677 g/mol. The van der Waals surface area contributed by atoms with Crippen LogP contribution in [0.3, 0.4) is 0 Å². The number of carbonyl (C=O) groups excluding carboxylic acids is 2. The van der Waals surface area contributed by atoms with Crippen LogP contribution in [0, 0.1) is 0 Å². The van der Waals surface area contributed by atoms with E-state index in [1.807, 2.05) is 36.6 Å². The quantitative estimate of drug-likeness (QED) is 0.132. The van der Waals surface area contributed by atoms with E-state index in [0.717, 1.165) is 14.8 Å². The van der Waals surface area contributed by atoms with Gasteiger partial charge < -0.3 is 15.0 Å². The van der Waals surface area contributed by atoms with Crippen LogP contribution in [0.15, 0.2) is 107 Å². The van der Waals surface area contributed by atoms with Crippen molar-refractivity contribution in [2.75, 3.05) is 30.3 Å².